The molecule has 0 saturated carbocycles. The number of carbonyl (C=O) groups excluding carboxylic acids is 2. The zero-order valence-electron chi connectivity index (χ0n) is 10.00. The summed E-state index contributed by atoms with van der Waals surface area (Å²) in [7, 11) is 0. The van der Waals surface area contributed by atoms with Crippen LogP contribution in [0, 0.1) is 0 Å². The van der Waals surface area contributed by atoms with E-state index >= 15 is 0 Å². The minimum absolute atomic E-state index is 0.349. The Morgan fingerprint density at radius 1 is 1.33 bits per heavy atom. The summed E-state index contributed by atoms with van der Waals surface area (Å²) >= 11 is 0. The molecular formula is C13H14O5. The molecule has 1 atom stereocenters. The van der Waals surface area contributed by atoms with Crippen LogP contribution >= 0.6 is 0 Å². The van der Waals surface area contributed by atoms with Crippen molar-refractivity contribution < 1.29 is 24.1 Å². The van der Waals surface area contributed by atoms with E-state index in [1.807, 2.05) is 0 Å². The van der Waals surface area contributed by atoms with Crippen LogP contribution in [-0.4, -0.2) is 18.2 Å². The number of benzene rings is 1. The molecule has 0 spiro atoms. The number of esters is 1. The van der Waals surface area contributed by atoms with Gasteiger partial charge in [-0.05, 0) is 12.1 Å². The van der Waals surface area contributed by atoms with Crippen LogP contribution in [-0.2, 0) is 19.3 Å². The van der Waals surface area contributed by atoms with E-state index in [-0.39, 0.29) is 0 Å². The highest BCUT2D eigenvalue weighted by molar-refractivity contribution is 5.88. The molecule has 0 N–H and O–H groups in total. The monoisotopic (exact) mass is 250 g/mol. The maximum absolute atomic E-state index is 11.5. The molecule has 0 bridgehead atoms. The van der Waals surface area contributed by atoms with Crippen molar-refractivity contribution in [3.05, 3.63) is 48.6 Å². The molecule has 1 rings (SSSR count). The average molecular weight is 250 g/mol. The minimum atomic E-state index is -0.942. The first-order valence-electron chi connectivity index (χ1n) is 5.43. The van der Waals surface area contributed by atoms with Gasteiger partial charge in [0.1, 0.15) is 0 Å². The summed E-state index contributed by atoms with van der Waals surface area (Å²) in [5.74, 6) is -1.29. The molecule has 1 aromatic carbocycles. The van der Waals surface area contributed by atoms with Gasteiger partial charge in [-0.2, -0.15) is 0 Å². The molecule has 0 saturated heterocycles. The molecule has 0 fully saturated rings. The van der Waals surface area contributed by atoms with E-state index in [0.717, 1.165) is 6.08 Å². The molecule has 96 valence electrons. The molecule has 18 heavy (non-hydrogen) atoms. The Bertz CT molecular complexity index is 413. The van der Waals surface area contributed by atoms with Crippen LogP contribution in [0.25, 0.3) is 0 Å². The van der Waals surface area contributed by atoms with Gasteiger partial charge >= 0.3 is 11.9 Å². The van der Waals surface area contributed by atoms with E-state index in [2.05, 4.69) is 11.5 Å². The second kappa shape index (κ2) is 7.24. The van der Waals surface area contributed by atoms with Gasteiger partial charge in [0.05, 0.1) is 5.56 Å². The van der Waals surface area contributed by atoms with Gasteiger partial charge in [-0.1, -0.05) is 31.7 Å². The van der Waals surface area contributed by atoms with Gasteiger partial charge in [0.25, 0.3) is 0 Å². The molecule has 0 aliphatic rings. The van der Waals surface area contributed by atoms with Gasteiger partial charge in [0, 0.05) is 12.5 Å². The molecule has 0 radical (unpaired) electrons. The molecule has 5 nitrogen and oxygen atoms in total. The van der Waals surface area contributed by atoms with Gasteiger partial charge in [0.15, 0.2) is 0 Å². The minimum Gasteiger partial charge on any atom is -0.429 e. The van der Waals surface area contributed by atoms with Crippen molar-refractivity contribution in [1.82, 2.24) is 0 Å². The predicted molar refractivity (Wildman–Crippen MR) is 63.3 cm³/mol. The molecule has 0 heterocycles. The quantitative estimate of drug-likeness (QED) is 0.255. The number of ether oxygens (including phenoxy) is 1. The highest BCUT2D eigenvalue weighted by Gasteiger charge is 2.15. The standard InChI is InChI=1S/C13H14O5/c1-3-11(14)16-12(4-2)17-18-13(15)10-8-6-5-7-9-10/h3,5-9,12H,1,4H2,2H3. The van der Waals surface area contributed by atoms with Gasteiger partial charge in [-0.15, -0.1) is 4.89 Å². The Balaban J connectivity index is 2.46. The number of hydrogen-bond acceptors (Lipinski definition) is 5. The maximum atomic E-state index is 11.5. The Labute approximate surface area is 105 Å². The Kier molecular flexibility index (Phi) is 5.60. The first-order chi connectivity index (χ1) is 8.67. The SMILES string of the molecule is C=CC(=O)OC(CC)OOC(=O)c1ccccc1. The lowest BCUT2D eigenvalue weighted by Crippen LogP contribution is -2.21. The zero-order chi connectivity index (χ0) is 13.4. The van der Waals surface area contributed by atoms with Crippen molar-refractivity contribution in [2.45, 2.75) is 19.6 Å². The van der Waals surface area contributed by atoms with Crippen LogP contribution in [0.15, 0.2) is 43.0 Å². The normalized spacial score (nSPS) is 11.4. The summed E-state index contributed by atoms with van der Waals surface area (Å²) in [6.07, 6.45) is 0.412. The number of carbonyl (C=O) groups is 2. The van der Waals surface area contributed by atoms with Crippen LogP contribution in [0.2, 0.25) is 0 Å². The lowest BCUT2D eigenvalue weighted by molar-refractivity contribution is -0.329. The summed E-state index contributed by atoms with van der Waals surface area (Å²) in [5.41, 5.74) is 0.349. The van der Waals surface area contributed by atoms with Crippen molar-refractivity contribution >= 4 is 11.9 Å². The fourth-order valence-electron chi connectivity index (χ4n) is 1.07. The van der Waals surface area contributed by atoms with Crippen LogP contribution in [0.1, 0.15) is 23.7 Å². The van der Waals surface area contributed by atoms with E-state index in [9.17, 15) is 9.59 Å². The number of hydrogen-bond donors (Lipinski definition) is 0. The molecule has 0 aromatic heterocycles. The van der Waals surface area contributed by atoms with Crippen molar-refractivity contribution in [2.75, 3.05) is 0 Å². The van der Waals surface area contributed by atoms with Gasteiger partial charge in [0.2, 0.25) is 6.29 Å². The largest absolute Gasteiger partial charge is 0.429 e. The molecule has 1 unspecified atom stereocenters. The van der Waals surface area contributed by atoms with Crippen molar-refractivity contribution in [1.29, 1.82) is 0 Å². The average Bonchev–Trinajstić information content (AvgIpc) is 2.43. The Morgan fingerprint density at radius 3 is 2.56 bits per heavy atom. The van der Waals surface area contributed by atoms with Gasteiger partial charge < -0.3 is 4.74 Å². The lowest BCUT2D eigenvalue weighted by atomic mass is 10.2. The summed E-state index contributed by atoms with van der Waals surface area (Å²) in [5, 5.41) is 0. The molecule has 1 aromatic rings. The third-order valence-electron chi connectivity index (χ3n) is 1.99. The summed E-state index contributed by atoms with van der Waals surface area (Å²) in [4.78, 5) is 31.8. The highest BCUT2D eigenvalue weighted by atomic mass is 17.2. The van der Waals surface area contributed by atoms with Gasteiger partial charge in [-0.25, -0.2) is 9.59 Å². The molecule has 0 aliphatic heterocycles. The third kappa shape index (κ3) is 4.39. The second-order valence-corrected chi connectivity index (χ2v) is 3.31. The van der Waals surface area contributed by atoms with Crippen LogP contribution < -0.4 is 0 Å². The van der Waals surface area contributed by atoms with E-state index in [1.165, 1.54) is 0 Å². The summed E-state index contributed by atoms with van der Waals surface area (Å²) in [6.45, 7) is 4.97. The van der Waals surface area contributed by atoms with Crippen molar-refractivity contribution in [2.24, 2.45) is 0 Å². The first-order valence-corrected chi connectivity index (χ1v) is 5.43. The Morgan fingerprint density at radius 2 is 2.00 bits per heavy atom. The lowest BCUT2D eigenvalue weighted by Gasteiger charge is -2.13. The molecule has 5 heteroatoms. The van der Waals surface area contributed by atoms with E-state index < -0.39 is 18.2 Å². The maximum Gasteiger partial charge on any atom is 0.373 e. The van der Waals surface area contributed by atoms with E-state index in [0.29, 0.717) is 12.0 Å². The molecule has 0 aliphatic carbocycles. The zero-order valence-corrected chi connectivity index (χ0v) is 10.00. The first kappa shape index (κ1) is 13.9. The highest BCUT2D eigenvalue weighted by Crippen LogP contribution is 2.06. The summed E-state index contributed by atoms with van der Waals surface area (Å²) in [6, 6.07) is 8.35. The van der Waals surface area contributed by atoms with Crippen LogP contribution in [0.4, 0.5) is 0 Å². The third-order valence-corrected chi connectivity index (χ3v) is 1.99. The molecular weight excluding hydrogens is 236 g/mol. The van der Waals surface area contributed by atoms with Crippen LogP contribution in [0.5, 0.6) is 0 Å². The smallest absolute Gasteiger partial charge is 0.373 e. The summed E-state index contributed by atoms with van der Waals surface area (Å²) < 4.78 is 4.78. The van der Waals surface area contributed by atoms with Gasteiger partial charge in [-0.3, -0.25) is 4.89 Å². The fourth-order valence-corrected chi connectivity index (χ4v) is 1.07. The van der Waals surface area contributed by atoms with E-state index in [4.69, 9.17) is 9.62 Å². The molecule has 0 amide bonds. The predicted octanol–water partition coefficient (Wildman–Crippen LogP) is 2.24. The number of rotatable bonds is 6. The Hall–Kier alpha value is -2.14. The van der Waals surface area contributed by atoms with Crippen molar-refractivity contribution in [3.63, 3.8) is 0 Å². The van der Waals surface area contributed by atoms with E-state index in [1.54, 1.807) is 37.3 Å². The van der Waals surface area contributed by atoms with Crippen LogP contribution in [0.3, 0.4) is 0 Å². The topological polar surface area (TPSA) is 61.8 Å². The van der Waals surface area contributed by atoms with Crippen molar-refractivity contribution in [3.8, 4) is 0 Å². The fraction of sp³-hybridized carbons (Fsp3) is 0.231. The second-order valence-electron chi connectivity index (χ2n) is 3.31.